The molecule has 0 saturated heterocycles. The number of benzene rings is 3. The molecule has 162 valence electrons. The van der Waals surface area contributed by atoms with Gasteiger partial charge in [-0.1, -0.05) is 70.0 Å². The van der Waals surface area contributed by atoms with E-state index >= 15 is 0 Å². The molecule has 0 heterocycles. The van der Waals surface area contributed by atoms with Gasteiger partial charge in [0.1, 0.15) is 5.75 Å². The van der Waals surface area contributed by atoms with Crippen LogP contribution in [0.4, 0.5) is 13.2 Å². The third-order valence-corrected chi connectivity index (χ3v) is 6.53. The first-order valence-electron chi connectivity index (χ1n) is 10.2. The van der Waals surface area contributed by atoms with Gasteiger partial charge in [-0.3, -0.25) is 4.79 Å². The van der Waals surface area contributed by atoms with E-state index in [4.69, 9.17) is 0 Å². The molecule has 0 aromatic heterocycles. The van der Waals surface area contributed by atoms with Crippen molar-refractivity contribution < 1.29 is 22.7 Å². The molecule has 2 aliphatic carbocycles. The Kier molecular flexibility index (Phi) is 5.01. The predicted molar refractivity (Wildman–Crippen MR) is 120 cm³/mol. The molecule has 3 aromatic carbocycles. The summed E-state index contributed by atoms with van der Waals surface area (Å²) in [5, 5.41) is 0. The zero-order chi connectivity index (χ0) is 22.6. The van der Waals surface area contributed by atoms with Crippen LogP contribution in [0, 0.1) is 0 Å². The van der Waals surface area contributed by atoms with Gasteiger partial charge in [0.15, 0.2) is 5.78 Å². The molecule has 0 bridgehead atoms. The fourth-order valence-corrected chi connectivity index (χ4v) is 5.19. The number of carbonyl (C=O) groups is 1. The van der Waals surface area contributed by atoms with Gasteiger partial charge in [0.2, 0.25) is 0 Å². The lowest BCUT2D eigenvalue weighted by Gasteiger charge is -2.31. The summed E-state index contributed by atoms with van der Waals surface area (Å²) >= 11 is 3.24. The Morgan fingerprint density at radius 3 is 2.53 bits per heavy atom. The third-order valence-electron chi connectivity index (χ3n) is 6.04. The van der Waals surface area contributed by atoms with Crippen molar-refractivity contribution in [3.63, 3.8) is 0 Å². The highest BCUT2D eigenvalue weighted by Crippen LogP contribution is 2.46. The van der Waals surface area contributed by atoms with Gasteiger partial charge in [-0.15, -0.1) is 13.2 Å². The predicted octanol–water partition coefficient (Wildman–Crippen LogP) is 7.39. The normalized spacial score (nSPS) is 17.2. The minimum absolute atomic E-state index is 0.0103. The molecule has 5 rings (SSSR count). The summed E-state index contributed by atoms with van der Waals surface area (Å²) in [5.41, 5.74) is 6.56. The number of hydrogen-bond donors (Lipinski definition) is 0. The van der Waals surface area contributed by atoms with E-state index in [1.54, 1.807) is 12.1 Å². The van der Waals surface area contributed by atoms with E-state index in [0.717, 1.165) is 33.4 Å². The maximum atomic E-state index is 13.3. The first-order valence-corrected chi connectivity index (χ1v) is 11.0. The van der Waals surface area contributed by atoms with Crippen molar-refractivity contribution in [2.75, 3.05) is 0 Å². The molecule has 0 aliphatic heterocycles. The number of hydrogen-bond acceptors (Lipinski definition) is 2. The number of fused-ring (bicyclic) bond motifs is 5. The average Bonchev–Trinajstić information content (AvgIpc) is 2.72. The molecular formula is C26H18BrF3O2. The van der Waals surface area contributed by atoms with Crippen molar-refractivity contribution in [1.29, 1.82) is 0 Å². The van der Waals surface area contributed by atoms with E-state index in [1.807, 2.05) is 49.4 Å². The fourth-order valence-electron chi connectivity index (χ4n) is 4.85. The molecule has 6 heteroatoms. The molecule has 0 radical (unpaired) electrons. The van der Waals surface area contributed by atoms with Gasteiger partial charge in [-0.25, -0.2) is 0 Å². The summed E-state index contributed by atoms with van der Waals surface area (Å²) in [6, 6.07) is 16.4. The lowest BCUT2D eigenvalue weighted by atomic mass is 9.72. The number of rotatable bonds is 2. The Hall–Kier alpha value is -2.86. The number of ether oxygens (including phenoxy) is 1. The van der Waals surface area contributed by atoms with Crippen molar-refractivity contribution in [1.82, 2.24) is 0 Å². The quantitative estimate of drug-likeness (QED) is 0.344. The Morgan fingerprint density at radius 1 is 0.969 bits per heavy atom. The third kappa shape index (κ3) is 3.66. The first-order chi connectivity index (χ1) is 15.2. The maximum absolute atomic E-state index is 13.3. The summed E-state index contributed by atoms with van der Waals surface area (Å²) in [4.78, 5) is 13.3. The van der Waals surface area contributed by atoms with Crippen LogP contribution in [-0.2, 0) is 12.8 Å². The van der Waals surface area contributed by atoms with Crippen LogP contribution >= 0.6 is 15.9 Å². The molecule has 1 unspecified atom stereocenters. The minimum atomic E-state index is -4.82. The van der Waals surface area contributed by atoms with Gasteiger partial charge in [0.05, 0.1) is 0 Å². The van der Waals surface area contributed by atoms with Gasteiger partial charge in [0, 0.05) is 27.9 Å². The highest BCUT2D eigenvalue weighted by Gasteiger charge is 2.36. The van der Waals surface area contributed by atoms with E-state index in [1.165, 1.54) is 6.07 Å². The fraction of sp³-hybridized carbons (Fsp3) is 0.192. The molecule has 2 aliphatic rings. The summed E-state index contributed by atoms with van der Waals surface area (Å²) in [6.45, 7) is 1.95. The second-order valence-corrected chi connectivity index (χ2v) is 9.13. The van der Waals surface area contributed by atoms with Crippen molar-refractivity contribution in [2.45, 2.75) is 32.0 Å². The molecule has 3 aromatic rings. The molecule has 2 nitrogen and oxygen atoms in total. The lowest BCUT2D eigenvalue weighted by Crippen LogP contribution is -2.22. The van der Waals surface area contributed by atoms with Crippen LogP contribution in [0.25, 0.3) is 11.1 Å². The molecule has 0 amide bonds. The standard InChI is InChI=1S/C26H18BrF3O2/c1-14-10-16-6-8-20-18-5-3-2-4-15(18)12-22(31)25(20)24(16)21(11-14)19-9-7-17(27)13-23(19)32-26(28,29)30/h2-9,11,13,21H,10,12H2,1H3. The van der Waals surface area contributed by atoms with Crippen molar-refractivity contribution in [3.8, 4) is 16.9 Å². The molecular weight excluding hydrogens is 481 g/mol. The highest BCUT2D eigenvalue weighted by atomic mass is 79.9. The monoisotopic (exact) mass is 498 g/mol. The van der Waals surface area contributed by atoms with Crippen LogP contribution in [0.1, 0.15) is 45.5 Å². The number of alkyl halides is 3. The molecule has 0 saturated carbocycles. The Bertz CT molecular complexity index is 1290. The van der Waals surface area contributed by atoms with Crippen molar-refractivity contribution in [2.24, 2.45) is 0 Å². The van der Waals surface area contributed by atoms with E-state index in [0.29, 0.717) is 22.0 Å². The Balaban J connectivity index is 1.76. The Morgan fingerprint density at radius 2 is 1.75 bits per heavy atom. The smallest absolute Gasteiger partial charge is 0.405 e. The summed E-state index contributed by atoms with van der Waals surface area (Å²) < 4.78 is 44.4. The zero-order valence-electron chi connectivity index (χ0n) is 17.1. The zero-order valence-corrected chi connectivity index (χ0v) is 18.7. The van der Waals surface area contributed by atoms with Crippen LogP contribution in [0.5, 0.6) is 5.75 Å². The van der Waals surface area contributed by atoms with E-state index in [-0.39, 0.29) is 18.0 Å². The highest BCUT2D eigenvalue weighted by molar-refractivity contribution is 9.10. The van der Waals surface area contributed by atoms with Gasteiger partial charge < -0.3 is 4.74 Å². The van der Waals surface area contributed by atoms with Crippen molar-refractivity contribution >= 4 is 21.7 Å². The largest absolute Gasteiger partial charge is 0.573 e. The summed E-state index contributed by atoms with van der Waals surface area (Å²) in [6.07, 6.45) is -1.94. The van der Waals surface area contributed by atoms with Gasteiger partial charge in [-0.05, 0) is 53.3 Å². The lowest BCUT2D eigenvalue weighted by molar-refractivity contribution is -0.274. The summed E-state index contributed by atoms with van der Waals surface area (Å²) in [5.74, 6) is -0.799. The maximum Gasteiger partial charge on any atom is 0.573 e. The number of halogens is 4. The Labute approximate surface area is 191 Å². The molecule has 0 fully saturated rings. The van der Waals surface area contributed by atoms with Crippen molar-refractivity contribution in [3.05, 3.63) is 98.5 Å². The average molecular weight is 499 g/mol. The second-order valence-electron chi connectivity index (χ2n) is 8.22. The first kappa shape index (κ1) is 21.0. The van der Waals surface area contributed by atoms with Crippen LogP contribution in [0.3, 0.4) is 0 Å². The number of carbonyl (C=O) groups excluding carboxylic acids is 1. The van der Waals surface area contributed by atoms with E-state index in [9.17, 15) is 18.0 Å². The van der Waals surface area contributed by atoms with Crippen LogP contribution in [0.15, 0.2) is 70.7 Å². The molecule has 32 heavy (non-hydrogen) atoms. The SMILES string of the molecule is CC1=CC(c2ccc(Br)cc2OC(F)(F)F)c2c(ccc3c2C(=O)Cc2ccccc2-3)C1. The number of ketones is 1. The topological polar surface area (TPSA) is 26.3 Å². The molecule has 1 atom stereocenters. The minimum Gasteiger partial charge on any atom is -0.405 e. The number of Topliss-reactive ketones (excluding diaryl/α,β-unsaturated/α-hetero) is 1. The molecule has 0 spiro atoms. The van der Waals surface area contributed by atoms with Gasteiger partial charge in [-0.2, -0.15) is 0 Å². The van der Waals surface area contributed by atoms with E-state index < -0.39 is 12.3 Å². The van der Waals surface area contributed by atoms with Gasteiger partial charge in [0.25, 0.3) is 0 Å². The van der Waals surface area contributed by atoms with Crippen LogP contribution in [0.2, 0.25) is 0 Å². The summed E-state index contributed by atoms with van der Waals surface area (Å²) in [7, 11) is 0. The van der Waals surface area contributed by atoms with Gasteiger partial charge >= 0.3 is 6.36 Å². The molecule has 0 N–H and O–H groups in total. The second kappa shape index (κ2) is 7.62. The van der Waals surface area contributed by atoms with Crippen LogP contribution in [-0.4, -0.2) is 12.1 Å². The number of allylic oxidation sites excluding steroid dienone is 2. The van der Waals surface area contributed by atoms with Crippen LogP contribution < -0.4 is 4.74 Å². The van der Waals surface area contributed by atoms with E-state index in [2.05, 4.69) is 20.7 Å².